The van der Waals surface area contributed by atoms with Gasteiger partial charge in [-0.15, -0.1) is 0 Å². The van der Waals surface area contributed by atoms with Crippen molar-refractivity contribution in [3.8, 4) is 6.07 Å². The molecule has 1 aromatic heterocycles. The van der Waals surface area contributed by atoms with Crippen molar-refractivity contribution in [3.63, 3.8) is 0 Å². The first-order valence-corrected chi connectivity index (χ1v) is 8.01. The largest absolute Gasteiger partial charge is 0.263 e. The highest BCUT2D eigenvalue weighted by atomic mass is 32.2. The van der Waals surface area contributed by atoms with E-state index < -0.39 is 10.0 Å². The van der Waals surface area contributed by atoms with Crippen molar-refractivity contribution in [1.82, 2.24) is 4.98 Å². The first kappa shape index (κ1) is 15.0. The van der Waals surface area contributed by atoms with Crippen molar-refractivity contribution < 1.29 is 8.42 Å². The number of sulfonamides is 1. The highest BCUT2D eigenvalue weighted by Crippen LogP contribution is 2.16. The van der Waals surface area contributed by atoms with Crippen LogP contribution in [0.1, 0.15) is 24.5 Å². The Bertz CT molecular complexity index is 745. The normalized spacial score (nSPS) is 10.9. The second kappa shape index (κ2) is 6.37. The van der Waals surface area contributed by atoms with Gasteiger partial charge in [0.2, 0.25) is 0 Å². The molecule has 0 aliphatic rings. The van der Waals surface area contributed by atoms with Gasteiger partial charge < -0.3 is 0 Å². The van der Waals surface area contributed by atoms with Gasteiger partial charge in [0.1, 0.15) is 11.9 Å². The van der Waals surface area contributed by atoms with Crippen LogP contribution >= 0.6 is 0 Å². The van der Waals surface area contributed by atoms with Gasteiger partial charge in [-0.05, 0) is 36.2 Å². The van der Waals surface area contributed by atoms with Crippen LogP contribution in [0.5, 0.6) is 0 Å². The molecule has 1 heterocycles. The fourth-order valence-corrected chi connectivity index (χ4v) is 2.85. The number of hydrogen-bond acceptors (Lipinski definition) is 4. The van der Waals surface area contributed by atoms with Gasteiger partial charge >= 0.3 is 0 Å². The topological polar surface area (TPSA) is 82.9 Å². The summed E-state index contributed by atoms with van der Waals surface area (Å²) in [5, 5.41) is 8.68. The van der Waals surface area contributed by atoms with Gasteiger partial charge in [0.25, 0.3) is 10.0 Å². The van der Waals surface area contributed by atoms with Gasteiger partial charge in [0.15, 0.2) is 0 Å². The van der Waals surface area contributed by atoms with Gasteiger partial charge in [-0.2, -0.15) is 5.26 Å². The minimum Gasteiger partial charge on any atom is -0.263 e. The summed E-state index contributed by atoms with van der Waals surface area (Å²) >= 11 is 0. The Morgan fingerprint density at radius 3 is 2.43 bits per heavy atom. The molecule has 0 saturated heterocycles. The van der Waals surface area contributed by atoms with E-state index >= 15 is 0 Å². The molecule has 5 nitrogen and oxygen atoms in total. The van der Waals surface area contributed by atoms with Gasteiger partial charge in [0, 0.05) is 6.20 Å². The third kappa shape index (κ3) is 3.80. The molecule has 0 spiro atoms. The Morgan fingerprint density at radius 2 is 1.90 bits per heavy atom. The predicted molar refractivity (Wildman–Crippen MR) is 80.2 cm³/mol. The molecular formula is C15H15N3O2S. The number of benzene rings is 1. The third-order valence-corrected chi connectivity index (χ3v) is 4.27. The number of anilines is 1. The number of aryl methyl sites for hydroxylation is 1. The molecule has 0 bridgehead atoms. The molecule has 108 valence electrons. The molecule has 0 fully saturated rings. The van der Waals surface area contributed by atoms with Gasteiger partial charge in [-0.3, -0.25) is 4.72 Å². The first-order valence-electron chi connectivity index (χ1n) is 6.53. The highest BCUT2D eigenvalue weighted by molar-refractivity contribution is 7.92. The Kier molecular flexibility index (Phi) is 4.55. The van der Waals surface area contributed by atoms with Crippen LogP contribution in [0.3, 0.4) is 0 Å². The SMILES string of the molecule is CCCc1ccc(S(=O)(=O)Nc2ccc(C#N)cn2)cc1. The van der Waals surface area contributed by atoms with Crippen molar-refractivity contribution in [1.29, 1.82) is 5.26 Å². The van der Waals surface area contributed by atoms with E-state index in [2.05, 4.69) is 16.6 Å². The fraction of sp³-hybridized carbons (Fsp3) is 0.200. The van der Waals surface area contributed by atoms with Crippen LogP contribution in [-0.4, -0.2) is 13.4 Å². The smallest absolute Gasteiger partial charge is 0.263 e. The van der Waals surface area contributed by atoms with E-state index in [1.807, 2.05) is 18.2 Å². The van der Waals surface area contributed by atoms with Crippen LogP contribution in [0.25, 0.3) is 0 Å². The maximum absolute atomic E-state index is 12.2. The third-order valence-electron chi connectivity index (χ3n) is 2.90. The quantitative estimate of drug-likeness (QED) is 0.920. The van der Waals surface area contributed by atoms with E-state index in [9.17, 15) is 8.42 Å². The van der Waals surface area contributed by atoms with E-state index in [0.29, 0.717) is 5.56 Å². The minimum atomic E-state index is -3.66. The molecule has 2 rings (SSSR count). The number of nitrogens with one attached hydrogen (secondary N) is 1. The standard InChI is InChI=1S/C15H15N3O2S/c1-2-3-12-4-7-14(8-5-12)21(19,20)18-15-9-6-13(10-16)11-17-15/h4-9,11H,2-3H2,1H3,(H,17,18). The van der Waals surface area contributed by atoms with Crippen molar-refractivity contribution in [3.05, 3.63) is 53.7 Å². The Hall–Kier alpha value is -2.39. The molecule has 6 heteroatoms. The van der Waals surface area contributed by atoms with E-state index in [-0.39, 0.29) is 10.7 Å². The molecule has 0 saturated carbocycles. The van der Waals surface area contributed by atoms with Crippen LogP contribution in [0.15, 0.2) is 47.5 Å². The predicted octanol–water partition coefficient (Wildman–Crippen LogP) is 2.71. The number of aromatic nitrogens is 1. The lowest BCUT2D eigenvalue weighted by atomic mass is 10.1. The molecule has 1 aromatic carbocycles. The number of pyridine rings is 1. The van der Waals surface area contributed by atoms with Crippen LogP contribution in [0.2, 0.25) is 0 Å². The number of nitriles is 1. The number of hydrogen-bond donors (Lipinski definition) is 1. The zero-order valence-electron chi connectivity index (χ0n) is 11.6. The van der Waals surface area contributed by atoms with E-state index in [0.717, 1.165) is 18.4 Å². The van der Waals surface area contributed by atoms with E-state index in [1.54, 1.807) is 12.1 Å². The number of rotatable bonds is 5. The van der Waals surface area contributed by atoms with E-state index in [1.165, 1.54) is 18.3 Å². The number of nitrogens with zero attached hydrogens (tertiary/aromatic N) is 2. The molecular weight excluding hydrogens is 286 g/mol. The Morgan fingerprint density at radius 1 is 1.19 bits per heavy atom. The lowest BCUT2D eigenvalue weighted by Crippen LogP contribution is -2.13. The average molecular weight is 301 g/mol. The minimum absolute atomic E-state index is 0.187. The molecule has 1 N–H and O–H groups in total. The summed E-state index contributed by atoms with van der Waals surface area (Å²) in [4.78, 5) is 4.08. The average Bonchev–Trinajstić information content (AvgIpc) is 2.48. The highest BCUT2D eigenvalue weighted by Gasteiger charge is 2.14. The molecule has 0 atom stereocenters. The lowest BCUT2D eigenvalue weighted by Gasteiger charge is -2.08. The summed E-state index contributed by atoms with van der Waals surface area (Å²) in [7, 11) is -3.66. The second-order valence-corrected chi connectivity index (χ2v) is 6.23. The lowest BCUT2D eigenvalue weighted by molar-refractivity contribution is 0.601. The molecule has 21 heavy (non-hydrogen) atoms. The zero-order valence-corrected chi connectivity index (χ0v) is 12.4. The summed E-state index contributed by atoms with van der Waals surface area (Å²) in [6, 6.07) is 11.7. The summed E-state index contributed by atoms with van der Waals surface area (Å²) in [5.74, 6) is 0.187. The Balaban J connectivity index is 2.19. The molecule has 0 amide bonds. The van der Waals surface area contributed by atoms with Crippen molar-refractivity contribution in [2.75, 3.05) is 4.72 Å². The fourth-order valence-electron chi connectivity index (χ4n) is 1.84. The summed E-state index contributed by atoms with van der Waals surface area (Å²) in [6.45, 7) is 2.07. The van der Waals surface area contributed by atoms with Gasteiger partial charge in [0.05, 0.1) is 10.5 Å². The second-order valence-electron chi connectivity index (χ2n) is 4.54. The van der Waals surface area contributed by atoms with Crippen molar-refractivity contribution >= 4 is 15.8 Å². The molecule has 0 aliphatic heterocycles. The first-order chi connectivity index (χ1) is 10.0. The van der Waals surface area contributed by atoms with Crippen molar-refractivity contribution in [2.24, 2.45) is 0 Å². The van der Waals surface area contributed by atoms with Gasteiger partial charge in [-0.25, -0.2) is 13.4 Å². The maximum Gasteiger partial charge on any atom is 0.263 e. The summed E-state index contributed by atoms with van der Waals surface area (Å²) < 4.78 is 26.8. The summed E-state index contributed by atoms with van der Waals surface area (Å²) in [6.07, 6.45) is 3.26. The van der Waals surface area contributed by atoms with Crippen LogP contribution < -0.4 is 4.72 Å². The maximum atomic E-state index is 12.2. The molecule has 2 aromatic rings. The van der Waals surface area contributed by atoms with Crippen LogP contribution in [-0.2, 0) is 16.4 Å². The Labute approximate surface area is 124 Å². The van der Waals surface area contributed by atoms with Crippen LogP contribution in [0, 0.1) is 11.3 Å². The van der Waals surface area contributed by atoms with E-state index in [4.69, 9.17) is 5.26 Å². The monoisotopic (exact) mass is 301 g/mol. The van der Waals surface area contributed by atoms with Crippen molar-refractivity contribution in [2.45, 2.75) is 24.7 Å². The molecule has 0 unspecified atom stereocenters. The van der Waals surface area contributed by atoms with Crippen LogP contribution in [0.4, 0.5) is 5.82 Å². The zero-order chi connectivity index (χ0) is 15.3. The van der Waals surface area contributed by atoms with Gasteiger partial charge in [-0.1, -0.05) is 25.5 Å². The molecule has 0 aliphatic carbocycles. The molecule has 0 radical (unpaired) electrons. The summed E-state index contributed by atoms with van der Waals surface area (Å²) in [5.41, 5.74) is 1.48.